The highest BCUT2D eigenvalue weighted by molar-refractivity contribution is 6.04. The van der Waals surface area contributed by atoms with E-state index >= 15 is 0 Å². The van der Waals surface area contributed by atoms with Gasteiger partial charge in [0.05, 0.1) is 11.6 Å². The smallest absolute Gasteiger partial charge is 0.408 e. The molecule has 118 valence electrons. The number of H-pyrrole nitrogens is 1. The fraction of sp³-hybridized carbons (Fsp3) is 0.571. The Hall–Kier alpha value is -2.18. The lowest BCUT2D eigenvalue weighted by atomic mass is 10.0. The number of ketones is 1. The summed E-state index contributed by atoms with van der Waals surface area (Å²) in [7, 11) is 0. The van der Waals surface area contributed by atoms with Gasteiger partial charge in [-0.2, -0.15) is 0 Å². The molecular weight excluding hydrogens is 276 g/mol. The highest BCUT2D eigenvalue weighted by Crippen LogP contribution is 2.29. The van der Waals surface area contributed by atoms with Crippen LogP contribution >= 0.6 is 0 Å². The molecule has 7 heteroatoms. The second-order valence-corrected chi connectivity index (χ2v) is 5.79. The van der Waals surface area contributed by atoms with Crippen molar-refractivity contribution in [3.8, 4) is 11.8 Å². The highest BCUT2D eigenvalue weighted by Gasteiger charge is 2.28. The van der Waals surface area contributed by atoms with Crippen LogP contribution in [0.25, 0.3) is 0 Å². The minimum absolute atomic E-state index is 0.0320. The Morgan fingerprint density at radius 1 is 1.29 bits per heavy atom. The first kappa shape index (κ1) is 16.9. The van der Waals surface area contributed by atoms with E-state index < -0.39 is 29.4 Å². The summed E-state index contributed by atoms with van der Waals surface area (Å²) in [6.07, 6.45) is -0.386. The minimum Gasteiger partial charge on any atom is -0.494 e. The number of alkyl carbamates (subject to hydrolysis) is 1. The third-order valence-corrected chi connectivity index (χ3v) is 2.87. The molecule has 0 aromatic carbocycles. The van der Waals surface area contributed by atoms with Gasteiger partial charge < -0.3 is 20.3 Å². The van der Waals surface area contributed by atoms with Crippen LogP contribution in [0.5, 0.6) is 11.8 Å². The Morgan fingerprint density at radius 3 is 2.24 bits per heavy atom. The lowest BCUT2D eigenvalue weighted by Crippen LogP contribution is -2.43. The molecule has 0 bridgehead atoms. The van der Waals surface area contributed by atoms with Crippen molar-refractivity contribution in [3.05, 3.63) is 11.1 Å². The maximum atomic E-state index is 12.4. The van der Waals surface area contributed by atoms with E-state index in [4.69, 9.17) is 4.74 Å². The first-order valence-corrected chi connectivity index (χ1v) is 6.71. The van der Waals surface area contributed by atoms with Crippen LogP contribution in [0.4, 0.5) is 4.79 Å². The zero-order chi connectivity index (χ0) is 16.4. The largest absolute Gasteiger partial charge is 0.494 e. The number of aromatic hydroxyl groups is 2. The third-order valence-electron chi connectivity index (χ3n) is 2.87. The molecule has 1 rings (SSSR count). The van der Waals surface area contributed by atoms with Crippen LogP contribution in [0.3, 0.4) is 0 Å². The molecule has 0 aliphatic rings. The van der Waals surface area contributed by atoms with Crippen molar-refractivity contribution < 1.29 is 24.5 Å². The first-order valence-electron chi connectivity index (χ1n) is 6.71. The van der Waals surface area contributed by atoms with Gasteiger partial charge in [-0.25, -0.2) is 4.79 Å². The third kappa shape index (κ3) is 4.14. The van der Waals surface area contributed by atoms with Crippen molar-refractivity contribution in [2.45, 2.75) is 52.7 Å². The van der Waals surface area contributed by atoms with Crippen molar-refractivity contribution in [1.82, 2.24) is 10.3 Å². The number of ether oxygens (including phenoxy) is 1. The Morgan fingerprint density at radius 2 is 1.86 bits per heavy atom. The van der Waals surface area contributed by atoms with Crippen molar-refractivity contribution in [2.24, 2.45) is 0 Å². The minimum atomic E-state index is -0.848. The monoisotopic (exact) mass is 298 g/mol. The summed E-state index contributed by atoms with van der Waals surface area (Å²) in [5.41, 5.74) is -0.465. The second-order valence-electron chi connectivity index (χ2n) is 5.79. The molecule has 21 heavy (non-hydrogen) atoms. The van der Waals surface area contributed by atoms with Gasteiger partial charge in [0, 0.05) is 5.56 Å². The van der Waals surface area contributed by atoms with E-state index in [0.717, 1.165) is 0 Å². The lowest BCUT2D eigenvalue weighted by molar-refractivity contribution is 0.0489. The van der Waals surface area contributed by atoms with Crippen molar-refractivity contribution >= 4 is 11.9 Å². The Kier molecular flexibility index (Phi) is 4.88. The summed E-state index contributed by atoms with van der Waals surface area (Å²) in [6.45, 7) is 8.37. The second kappa shape index (κ2) is 6.07. The predicted octanol–water partition coefficient (Wildman–Crippen LogP) is 2.22. The number of Topliss-reactive ketones (excluding diaryl/α,β-unsaturated/α-hetero) is 1. The van der Waals surface area contributed by atoms with E-state index in [1.165, 1.54) is 6.92 Å². The Balaban J connectivity index is 2.90. The molecule has 0 radical (unpaired) electrons. The predicted molar refractivity (Wildman–Crippen MR) is 76.6 cm³/mol. The number of nitrogens with one attached hydrogen (secondary N) is 2. The van der Waals surface area contributed by atoms with E-state index in [1.807, 2.05) is 0 Å². The normalized spacial score (nSPS) is 12.8. The molecule has 7 nitrogen and oxygen atoms in total. The molecular formula is C14H22N2O5. The van der Waals surface area contributed by atoms with Crippen LogP contribution in [0, 0.1) is 6.92 Å². The average Bonchev–Trinajstić information content (AvgIpc) is 2.57. The SMILES string of the molecule is CC[C@H](NC(=O)OC(C)(C)C)C(=O)c1c(O)[nH]c(O)c1C. The molecule has 4 N–H and O–H groups in total. The number of carbonyl (C=O) groups is 2. The first-order chi connectivity index (χ1) is 9.56. The number of amides is 1. The van der Waals surface area contributed by atoms with Crippen LogP contribution < -0.4 is 5.32 Å². The topological polar surface area (TPSA) is 112 Å². The lowest BCUT2D eigenvalue weighted by Gasteiger charge is -2.22. The van der Waals surface area contributed by atoms with Crippen molar-refractivity contribution in [1.29, 1.82) is 0 Å². The average molecular weight is 298 g/mol. The number of hydrogen-bond acceptors (Lipinski definition) is 5. The molecule has 1 aromatic rings. The standard InChI is InChI=1S/C14H22N2O5/c1-6-8(15-13(20)21-14(3,4)5)10(17)9-7(2)11(18)16-12(9)19/h8,16,18-19H,6H2,1-5H3,(H,15,20)/t8-/m0/s1. The molecule has 1 aromatic heterocycles. The van der Waals surface area contributed by atoms with Gasteiger partial charge in [-0.15, -0.1) is 0 Å². The van der Waals surface area contributed by atoms with Gasteiger partial charge in [0.2, 0.25) is 5.88 Å². The number of aromatic nitrogens is 1. The highest BCUT2D eigenvalue weighted by atomic mass is 16.6. The Labute approximate surface area is 123 Å². The van der Waals surface area contributed by atoms with Crippen LogP contribution in [-0.4, -0.2) is 38.7 Å². The number of rotatable bonds is 4. The molecule has 0 aliphatic heterocycles. The molecule has 1 atom stereocenters. The quantitative estimate of drug-likeness (QED) is 0.637. The van der Waals surface area contributed by atoms with E-state index in [0.29, 0.717) is 6.42 Å². The van der Waals surface area contributed by atoms with E-state index in [1.54, 1.807) is 27.7 Å². The number of aromatic amines is 1. The van der Waals surface area contributed by atoms with Crippen molar-refractivity contribution in [2.75, 3.05) is 0 Å². The fourth-order valence-corrected chi connectivity index (χ4v) is 1.84. The van der Waals surface area contributed by atoms with Gasteiger partial charge in [0.25, 0.3) is 0 Å². The fourth-order valence-electron chi connectivity index (χ4n) is 1.84. The molecule has 0 saturated heterocycles. The summed E-state index contributed by atoms with van der Waals surface area (Å²) < 4.78 is 5.10. The van der Waals surface area contributed by atoms with Crippen molar-refractivity contribution in [3.63, 3.8) is 0 Å². The number of carbonyl (C=O) groups excluding carboxylic acids is 2. The molecule has 1 heterocycles. The maximum Gasteiger partial charge on any atom is 0.408 e. The summed E-state index contributed by atoms with van der Waals surface area (Å²) >= 11 is 0. The number of hydrogen-bond donors (Lipinski definition) is 4. The molecule has 0 aliphatic carbocycles. The molecule has 0 spiro atoms. The zero-order valence-corrected chi connectivity index (χ0v) is 12.9. The van der Waals surface area contributed by atoms with Gasteiger partial charge in [-0.1, -0.05) is 6.92 Å². The summed E-state index contributed by atoms with van der Waals surface area (Å²) in [5.74, 6) is -1.18. The van der Waals surface area contributed by atoms with Gasteiger partial charge in [0.15, 0.2) is 11.7 Å². The van der Waals surface area contributed by atoms with Gasteiger partial charge >= 0.3 is 6.09 Å². The van der Waals surface area contributed by atoms with Crippen LogP contribution in [-0.2, 0) is 4.74 Å². The zero-order valence-electron chi connectivity index (χ0n) is 12.9. The van der Waals surface area contributed by atoms with Gasteiger partial charge in [-0.05, 0) is 34.1 Å². The van der Waals surface area contributed by atoms with E-state index in [9.17, 15) is 19.8 Å². The summed E-state index contributed by atoms with van der Waals surface area (Å²) in [4.78, 5) is 26.4. The van der Waals surface area contributed by atoms with Gasteiger partial charge in [0.1, 0.15) is 5.60 Å². The molecule has 1 amide bonds. The van der Waals surface area contributed by atoms with E-state index in [2.05, 4.69) is 10.3 Å². The summed E-state index contributed by atoms with van der Waals surface area (Å²) in [5, 5.41) is 21.6. The summed E-state index contributed by atoms with van der Waals surface area (Å²) in [6, 6.07) is -0.848. The van der Waals surface area contributed by atoms with Crippen LogP contribution in [0.1, 0.15) is 50.0 Å². The molecule has 0 fully saturated rings. The maximum absolute atomic E-state index is 12.4. The Bertz CT molecular complexity index is 542. The molecule has 0 unspecified atom stereocenters. The van der Waals surface area contributed by atoms with Gasteiger partial charge in [-0.3, -0.25) is 9.78 Å². The van der Waals surface area contributed by atoms with Crippen LogP contribution in [0.2, 0.25) is 0 Å². The van der Waals surface area contributed by atoms with E-state index in [-0.39, 0.29) is 17.0 Å². The molecule has 0 saturated carbocycles. The van der Waals surface area contributed by atoms with Crippen LogP contribution in [0.15, 0.2) is 0 Å².